The predicted molar refractivity (Wildman–Crippen MR) is 74.8 cm³/mol. The summed E-state index contributed by atoms with van der Waals surface area (Å²) in [6.45, 7) is 2.15. The Bertz CT molecular complexity index is 464. The fourth-order valence-corrected chi connectivity index (χ4v) is 2.82. The predicted octanol–water partition coefficient (Wildman–Crippen LogP) is 4.60. The maximum atomic E-state index is 10.8. The van der Waals surface area contributed by atoms with Crippen molar-refractivity contribution in [2.75, 3.05) is 0 Å². The van der Waals surface area contributed by atoms with Gasteiger partial charge in [0, 0.05) is 6.07 Å². The van der Waals surface area contributed by atoms with Crippen LogP contribution in [-0.4, -0.2) is 11.0 Å². The van der Waals surface area contributed by atoms with Crippen molar-refractivity contribution in [2.45, 2.75) is 45.1 Å². The van der Waals surface area contributed by atoms with Crippen molar-refractivity contribution < 1.29 is 9.66 Å². The van der Waals surface area contributed by atoms with Crippen LogP contribution in [0.3, 0.4) is 0 Å². The van der Waals surface area contributed by atoms with Gasteiger partial charge < -0.3 is 4.74 Å². The minimum absolute atomic E-state index is 0.0169. The van der Waals surface area contributed by atoms with Crippen LogP contribution >= 0.6 is 11.6 Å². The van der Waals surface area contributed by atoms with E-state index in [4.69, 9.17) is 16.3 Å². The Morgan fingerprint density at radius 2 is 2.16 bits per heavy atom. The van der Waals surface area contributed by atoms with E-state index in [1.807, 2.05) is 0 Å². The third kappa shape index (κ3) is 3.38. The number of nitro benzene ring substituents is 1. The summed E-state index contributed by atoms with van der Waals surface area (Å²) < 4.78 is 5.94. The minimum atomic E-state index is -0.429. The minimum Gasteiger partial charge on any atom is -0.488 e. The molecule has 1 aromatic carbocycles. The van der Waals surface area contributed by atoms with Crippen molar-refractivity contribution in [3.63, 3.8) is 0 Å². The first-order valence-corrected chi connectivity index (χ1v) is 7.10. The molecule has 4 nitrogen and oxygen atoms in total. The number of nitrogens with zero attached hydrogens (tertiary/aromatic N) is 1. The van der Waals surface area contributed by atoms with E-state index in [9.17, 15) is 10.1 Å². The lowest BCUT2D eigenvalue weighted by Gasteiger charge is -2.31. The van der Waals surface area contributed by atoms with Crippen LogP contribution in [0.5, 0.6) is 5.75 Å². The Morgan fingerprint density at radius 1 is 1.42 bits per heavy atom. The van der Waals surface area contributed by atoms with Gasteiger partial charge in [0.2, 0.25) is 0 Å². The van der Waals surface area contributed by atoms with Crippen LogP contribution in [0.1, 0.15) is 39.0 Å². The number of nitro groups is 1. The summed E-state index contributed by atoms with van der Waals surface area (Å²) in [5, 5.41) is 11.2. The smallest absolute Gasteiger partial charge is 0.273 e. The number of non-ortho nitro benzene ring substituents is 1. The van der Waals surface area contributed by atoms with E-state index >= 15 is 0 Å². The van der Waals surface area contributed by atoms with Crippen molar-refractivity contribution in [2.24, 2.45) is 5.92 Å². The molecule has 0 amide bonds. The molecular weight excluding hydrogens is 266 g/mol. The topological polar surface area (TPSA) is 52.4 Å². The van der Waals surface area contributed by atoms with Crippen molar-refractivity contribution in [3.05, 3.63) is 33.3 Å². The molecule has 2 rings (SSSR count). The molecule has 5 heteroatoms. The van der Waals surface area contributed by atoms with Crippen LogP contribution in [0.4, 0.5) is 5.69 Å². The summed E-state index contributed by atoms with van der Waals surface area (Å²) in [4.78, 5) is 10.4. The van der Waals surface area contributed by atoms with Gasteiger partial charge in [-0.1, -0.05) is 24.9 Å². The van der Waals surface area contributed by atoms with Crippen molar-refractivity contribution >= 4 is 17.3 Å². The first kappa shape index (κ1) is 14.1. The molecule has 0 heterocycles. The lowest BCUT2D eigenvalue weighted by Crippen LogP contribution is -2.30. The highest BCUT2D eigenvalue weighted by Crippen LogP contribution is 2.35. The molecule has 2 unspecified atom stereocenters. The molecule has 2 atom stereocenters. The SMILES string of the molecule is CCC1CCCCC1Oc1cc([N+](=O)[O-])ccc1Cl. The molecule has 19 heavy (non-hydrogen) atoms. The quantitative estimate of drug-likeness (QED) is 0.599. The van der Waals surface area contributed by atoms with Crippen molar-refractivity contribution in [1.82, 2.24) is 0 Å². The van der Waals surface area contributed by atoms with Gasteiger partial charge in [0.15, 0.2) is 0 Å². The second-order valence-electron chi connectivity index (χ2n) is 4.98. The molecular formula is C14H18ClNO3. The maximum Gasteiger partial charge on any atom is 0.273 e. The van der Waals surface area contributed by atoms with Crippen LogP contribution in [-0.2, 0) is 0 Å². The average molecular weight is 284 g/mol. The van der Waals surface area contributed by atoms with Crippen LogP contribution in [0.15, 0.2) is 18.2 Å². The molecule has 1 aliphatic rings. The van der Waals surface area contributed by atoms with Gasteiger partial charge in [0.25, 0.3) is 5.69 Å². The summed E-state index contributed by atoms with van der Waals surface area (Å²) in [5.41, 5.74) is 0.0169. The van der Waals surface area contributed by atoms with E-state index in [0.29, 0.717) is 16.7 Å². The highest BCUT2D eigenvalue weighted by Gasteiger charge is 2.26. The van der Waals surface area contributed by atoms with E-state index in [1.165, 1.54) is 24.6 Å². The van der Waals surface area contributed by atoms with Crippen LogP contribution in [0.25, 0.3) is 0 Å². The second-order valence-corrected chi connectivity index (χ2v) is 5.39. The Hall–Kier alpha value is -1.29. The van der Waals surface area contributed by atoms with Crippen LogP contribution < -0.4 is 4.74 Å². The zero-order chi connectivity index (χ0) is 13.8. The first-order valence-electron chi connectivity index (χ1n) is 6.72. The highest BCUT2D eigenvalue weighted by molar-refractivity contribution is 6.32. The summed E-state index contributed by atoms with van der Waals surface area (Å²) in [5.74, 6) is 0.949. The van der Waals surface area contributed by atoms with Gasteiger partial charge in [-0.3, -0.25) is 10.1 Å². The van der Waals surface area contributed by atoms with Gasteiger partial charge in [-0.15, -0.1) is 0 Å². The number of rotatable bonds is 4. The van der Waals surface area contributed by atoms with E-state index in [1.54, 1.807) is 0 Å². The molecule has 0 bridgehead atoms. The van der Waals surface area contributed by atoms with Gasteiger partial charge >= 0.3 is 0 Å². The first-order chi connectivity index (χ1) is 9.11. The highest BCUT2D eigenvalue weighted by atomic mass is 35.5. The molecule has 1 aromatic rings. The number of benzene rings is 1. The molecule has 0 radical (unpaired) electrons. The Labute approximate surface area is 117 Å². The molecule has 0 aromatic heterocycles. The molecule has 0 saturated heterocycles. The maximum absolute atomic E-state index is 10.8. The van der Waals surface area contributed by atoms with Crippen molar-refractivity contribution in [3.8, 4) is 5.75 Å². The van der Waals surface area contributed by atoms with Gasteiger partial charge in [-0.2, -0.15) is 0 Å². The fraction of sp³-hybridized carbons (Fsp3) is 0.571. The van der Waals surface area contributed by atoms with Gasteiger partial charge in [-0.05, 0) is 37.7 Å². The van der Waals surface area contributed by atoms with E-state index in [2.05, 4.69) is 6.92 Å². The standard InChI is InChI=1S/C14H18ClNO3/c1-2-10-5-3-4-6-13(10)19-14-9-11(16(17)18)7-8-12(14)15/h7-10,13H,2-6H2,1H3. The molecule has 1 aliphatic carbocycles. The molecule has 0 aliphatic heterocycles. The lowest BCUT2D eigenvalue weighted by atomic mass is 9.85. The molecule has 1 fully saturated rings. The largest absolute Gasteiger partial charge is 0.488 e. The van der Waals surface area contributed by atoms with Gasteiger partial charge in [-0.25, -0.2) is 0 Å². The second kappa shape index (κ2) is 6.24. The number of hydrogen-bond acceptors (Lipinski definition) is 3. The molecule has 104 valence electrons. The fourth-order valence-electron chi connectivity index (χ4n) is 2.65. The normalized spacial score (nSPS) is 23.1. The van der Waals surface area contributed by atoms with Gasteiger partial charge in [0.1, 0.15) is 11.9 Å². The van der Waals surface area contributed by atoms with E-state index in [0.717, 1.165) is 25.7 Å². The zero-order valence-corrected chi connectivity index (χ0v) is 11.7. The Kier molecular flexibility index (Phi) is 4.64. The van der Waals surface area contributed by atoms with Crippen LogP contribution in [0, 0.1) is 16.0 Å². The third-order valence-corrected chi connectivity index (χ3v) is 4.08. The summed E-state index contributed by atoms with van der Waals surface area (Å²) in [7, 11) is 0. The summed E-state index contributed by atoms with van der Waals surface area (Å²) in [6.07, 6.45) is 5.73. The molecule has 1 saturated carbocycles. The Balaban J connectivity index is 2.17. The van der Waals surface area contributed by atoms with Crippen molar-refractivity contribution in [1.29, 1.82) is 0 Å². The molecule has 0 spiro atoms. The Morgan fingerprint density at radius 3 is 2.84 bits per heavy atom. The van der Waals surface area contributed by atoms with Gasteiger partial charge in [0.05, 0.1) is 16.0 Å². The lowest BCUT2D eigenvalue weighted by molar-refractivity contribution is -0.385. The zero-order valence-electron chi connectivity index (χ0n) is 11.0. The van der Waals surface area contributed by atoms with E-state index in [-0.39, 0.29) is 11.8 Å². The van der Waals surface area contributed by atoms with Crippen LogP contribution in [0.2, 0.25) is 5.02 Å². The number of hydrogen-bond donors (Lipinski definition) is 0. The monoisotopic (exact) mass is 283 g/mol. The molecule has 0 N–H and O–H groups in total. The average Bonchev–Trinajstić information content (AvgIpc) is 2.41. The summed E-state index contributed by atoms with van der Waals surface area (Å²) in [6, 6.07) is 4.34. The van der Waals surface area contributed by atoms with E-state index < -0.39 is 4.92 Å². The summed E-state index contributed by atoms with van der Waals surface area (Å²) >= 11 is 6.06. The number of halogens is 1. The number of ether oxygens (including phenoxy) is 1. The third-order valence-electron chi connectivity index (χ3n) is 3.77.